The van der Waals surface area contributed by atoms with Crippen LogP contribution in [0.4, 0.5) is 0 Å². The van der Waals surface area contributed by atoms with Gasteiger partial charge in [-0.05, 0) is 6.92 Å². The van der Waals surface area contributed by atoms with Gasteiger partial charge in [-0.1, -0.05) is 0 Å². The normalized spacial score (nSPS) is 43.0. The van der Waals surface area contributed by atoms with Crippen molar-refractivity contribution in [3.05, 3.63) is 0 Å². The van der Waals surface area contributed by atoms with Crippen LogP contribution in [-0.2, 0) is 23.8 Å². The predicted octanol–water partition coefficient (Wildman–Crippen LogP) is -1.40. The zero-order valence-corrected chi connectivity index (χ0v) is 7.50. The number of ether oxygens (including phenoxy) is 3. The number of aliphatic hydroxyl groups excluding tert-OH is 1. The summed E-state index contributed by atoms with van der Waals surface area (Å²) in [6.07, 6.45) is -3.32. The van der Waals surface area contributed by atoms with Crippen molar-refractivity contribution in [2.24, 2.45) is 0 Å². The second-order valence-electron chi connectivity index (χ2n) is 3.25. The van der Waals surface area contributed by atoms with Crippen molar-refractivity contribution in [2.45, 2.75) is 31.5 Å². The molecule has 0 aromatic carbocycles. The van der Waals surface area contributed by atoms with Crippen LogP contribution in [0.25, 0.3) is 0 Å². The van der Waals surface area contributed by atoms with Gasteiger partial charge in [-0.25, -0.2) is 4.79 Å². The van der Waals surface area contributed by atoms with Crippen LogP contribution in [0, 0.1) is 0 Å². The number of aliphatic hydroxyl groups is 1. The number of cyclic esters (lactones) is 1. The Hall–Kier alpha value is -0.980. The van der Waals surface area contributed by atoms with E-state index in [2.05, 4.69) is 4.74 Å². The number of Topliss-reactive ketones (excluding diaryl/α,β-unsaturated/α-hetero) is 1. The van der Waals surface area contributed by atoms with Crippen LogP contribution in [0.15, 0.2) is 0 Å². The van der Waals surface area contributed by atoms with Crippen molar-refractivity contribution in [2.75, 3.05) is 6.61 Å². The molecule has 6 heteroatoms. The molecule has 2 saturated heterocycles. The smallest absolute Gasteiger partial charge is 0.378 e. The zero-order valence-electron chi connectivity index (χ0n) is 7.50. The molecule has 0 radical (unpaired) electrons. The molecule has 0 spiro atoms. The Morgan fingerprint density at radius 1 is 1.43 bits per heavy atom. The maximum Gasteiger partial charge on any atom is 0.378 e. The van der Waals surface area contributed by atoms with Crippen LogP contribution >= 0.6 is 0 Å². The number of hydrogen-bond donors (Lipinski definition) is 1. The third kappa shape index (κ3) is 1.41. The van der Waals surface area contributed by atoms with E-state index in [4.69, 9.17) is 9.47 Å². The third-order valence-corrected chi connectivity index (χ3v) is 2.25. The van der Waals surface area contributed by atoms with Crippen LogP contribution in [-0.4, -0.2) is 48.1 Å². The molecule has 4 atom stereocenters. The average molecular weight is 202 g/mol. The van der Waals surface area contributed by atoms with Gasteiger partial charge < -0.3 is 19.3 Å². The molecule has 0 amide bonds. The Labute approximate surface area is 79.7 Å². The molecule has 2 heterocycles. The highest BCUT2D eigenvalue weighted by Gasteiger charge is 2.48. The Morgan fingerprint density at radius 2 is 2.14 bits per heavy atom. The number of rotatable bonds is 1. The van der Waals surface area contributed by atoms with E-state index in [0.717, 1.165) is 0 Å². The van der Waals surface area contributed by atoms with Gasteiger partial charge in [0, 0.05) is 0 Å². The molecule has 2 fully saturated rings. The van der Waals surface area contributed by atoms with Crippen molar-refractivity contribution >= 4 is 11.8 Å². The number of carbonyl (C=O) groups excluding carboxylic acids is 2. The van der Waals surface area contributed by atoms with Crippen LogP contribution < -0.4 is 0 Å². The summed E-state index contributed by atoms with van der Waals surface area (Å²) < 4.78 is 14.9. The highest BCUT2D eigenvalue weighted by Crippen LogP contribution is 2.23. The fourth-order valence-corrected chi connectivity index (χ4v) is 1.52. The summed E-state index contributed by atoms with van der Waals surface area (Å²) in [5, 5.41) is 9.34. The Morgan fingerprint density at radius 3 is 2.57 bits per heavy atom. The molecule has 0 aliphatic carbocycles. The first-order valence-corrected chi connectivity index (χ1v) is 4.29. The maximum atomic E-state index is 10.9. The van der Waals surface area contributed by atoms with Crippen LogP contribution in [0.2, 0.25) is 0 Å². The molecule has 2 aliphatic heterocycles. The second-order valence-corrected chi connectivity index (χ2v) is 3.25. The summed E-state index contributed by atoms with van der Waals surface area (Å²) >= 11 is 0. The highest BCUT2D eigenvalue weighted by atomic mass is 16.7. The molecule has 78 valence electrons. The fraction of sp³-hybridized carbons (Fsp3) is 0.750. The van der Waals surface area contributed by atoms with Gasteiger partial charge in [-0.2, -0.15) is 0 Å². The average Bonchev–Trinajstić information content (AvgIpc) is 2.66. The second kappa shape index (κ2) is 3.30. The van der Waals surface area contributed by atoms with E-state index in [1.165, 1.54) is 0 Å². The minimum atomic E-state index is -1.43. The minimum absolute atomic E-state index is 0.212. The topological polar surface area (TPSA) is 82.1 Å². The lowest BCUT2D eigenvalue weighted by Gasteiger charge is -2.17. The molecule has 6 nitrogen and oxygen atoms in total. The molecular formula is C8H10O6. The molecular weight excluding hydrogens is 192 g/mol. The zero-order chi connectivity index (χ0) is 10.3. The van der Waals surface area contributed by atoms with E-state index in [1.54, 1.807) is 6.92 Å². The van der Waals surface area contributed by atoms with Gasteiger partial charge in [0.2, 0.25) is 0 Å². The van der Waals surface area contributed by atoms with Crippen molar-refractivity contribution in [3.8, 4) is 0 Å². The van der Waals surface area contributed by atoms with Gasteiger partial charge in [0.25, 0.3) is 5.78 Å². The van der Waals surface area contributed by atoms with Crippen molar-refractivity contribution < 1.29 is 28.9 Å². The number of hydrogen-bond acceptors (Lipinski definition) is 6. The van der Waals surface area contributed by atoms with Gasteiger partial charge in [0.15, 0.2) is 18.5 Å². The number of ketones is 1. The Kier molecular flexibility index (Phi) is 2.26. The quantitative estimate of drug-likeness (QED) is 0.416. The first-order valence-electron chi connectivity index (χ1n) is 4.29. The SMILES string of the molecule is CC1OCC(C2OC(=O)C(=O)C2O)O1. The molecule has 0 bridgehead atoms. The first-order chi connectivity index (χ1) is 6.59. The van der Waals surface area contributed by atoms with Crippen LogP contribution in [0.3, 0.4) is 0 Å². The van der Waals surface area contributed by atoms with Crippen LogP contribution in [0.5, 0.6) is 0 Å². The summed E-state index contributed by atoms with van der Waals surface area (Å²) in [5.74, 6) is -1.93. The molecule has 1 N–H and O–H groups in total. The largest absolute Gasteiger partial charge is 0.450 e. The molecule has 2 aliphatic rings. The summed E-state index contributed by atoms with van der Waals surface area (Å²) in [6.45, 7) is 1.90. The molecule has 0 saturated carbocycles. The predicted molar refractivity (Wildman–Crippen MR) is 41.2 cm³/mol. The molecule has 0 aromatic rings. The van der Waals surface area contributed by atoms with Crippen molar-refractivity contribution in [1.82, 2.24) is 0 Å². The lowest BCUT2D eigenvalue weighted by Crippen LogP contribution is -2.38. The number of carbonyl (C=O) groups is 2. The van der Waals surface area contributed by atoms with E-state index in [-0.39, 0.29) is 6.61 Å². The lowest BCUT2D eigenvalue weighted by molar-refractivity contribution is -0.152. The van der Waals surface area contributed by atoms with Gasteiger partial charge in [0.05, 0.1) is 6.61 Å². The monoisotopic (exact) mass is 202 g/mol. The third-order valence-electron chi connectivity index (χ3n) is 2.25. The van der Waals surface area contributed by atoms with Gasteiger partial charge >= 0.3 is 5.97 Å². The maximum absolute atomic E-state index is 10.9. The molecule has 2 rings (SSSR count). The van der Waals surface area contributed by atoms with Gasteiger partial charge in [0.1, 0.15) is 6.10 Å². The summed E-state index contributed by atoms with van der Waals surface area (Å²) in [5.41, 5.74) is 0. The van der Waals surface area contributed by atoms with E-state index >= 15 is 0 Å². The lowest BCUT2D eigenvalue weighted by atomic mass is 10.1. The van der Waals surface area contributed by atoms with Gasteiger partial charge in [-0.15, -0.1) is 0 Å². The van der Waals surface area contributed by atoms with Crippen molar-refractivity contribution in [1.29, 1.82) is 0 Å². The standard InChI is InChI=1S/C8H10O6/c1-3-12-2-4(13-3)7-5(9)6(10)8(11)14-7/h3-5,7,9H,2H2,1H3. The van der Waals surface area contributed by atoms with E-state index in [0.29, 0.717) is 0 Å². The first kappa shape index (κ1) is 9.57. The van der Waals surface area contributed by atoms with Crippen LogP contribution in [0.1, 0.15) is 6.92 Å². The molecule has 0 aromatic heterocycles. The van der Waals surface area contributed by atoms with E-state index in [1.807, 2.05) is 0 Å². The van der Waals surface area contributed by atoms with Gasteiger partial charge in [-0.3, -0.25) is 4.79 Å². The summed E-state index contributed by atoms with van der Waals surface area (Å²) in [4.78, 5) is 21.7. The van der Waals surface area contributed by atoms with E-state index in [9.17, 15) is 14.7 Å². The summed E-state index contributed by atoms with van der Waals surface area (Å²) in [6, 6.07) is 0. The number of esters is 1. The summed E-state index contributed by atoms with van der Waals surface area (Å²) in [7, 11) is 0. The highest BCUT2D eigenvalue weighted by molar-refractivity contribution is 6.37. The van der Waals surface area contributed by atoms with Crippen molar-refractivity contribution in [3.63, 3.8) is 0 Å². The fourth-order valence-electron chi connectivity index (χ4n) is 1.52. The molecule has 4 unspecified atom stereocenters. The Bertz CT molecular complexity index is 275. The minimum Gasteiger partial charge on any atom is -0.450 e. The Balaban J connectivity index is 2.06. The molecule has 14 heavy (non-hydrogen) atoms. The van der Waals surface area contributed by atoms with E-state index < -0.39 is 36.4 Å².